The minimum atomic E-state index is -0.662. The summed E-state index contributed by atoms with van der Waals surface area (Å²) < 4.78 is 5.52. The average molecular weight is 1200 g/mol. The Balaban J connectivity index is 3.33. The van der Waals surface area contributed by atoms with Gasteiger partial charge in [0.2, 0.25) is 5.91 Å². The Morgan fingerprint density at radius 1 is 0.318 bits per heavy atom. The molecule has 0 aliphatic rings. The highest BCUT2D eigenvalue weighted by Crippen LogP contribution is 2.20. The van der Waals surface area contributed by atoms with E-state index in [1.54, 1.807) is 0 Å². The molecule has 0 aromatic heterocycles. The standard InChI is InChI=1S/C79H155NO5/c1-3-5-7-9-11-13-15-17-19-21-39-43-47-51-55-59-63-67-71-77(82)76(75-81)80-78(83)72-68-64-60-56-52-48-44-40-37-35-33-31-29-27-25-23-24-26-28-30-32-34-36-38-42-46-50-54-58-62-66-70-74-85-79(84)73-69-65-61-57-53-49-45-41-22-20-18-16-14-12-10-8-6-4-2/h26,28,76-77,81-82H,3-25,27,29-75H2,1-2H3,(H,80,83)/b28-26-. The number of carbonyl (C=O) groups excluding carboxylic acids is 2. The number of esters is 1. The summed E-state index contributed by atoms with van der Waals surface area (Å²) in [5, 5.41) is 23.4. The van der Waals surface area contributed by atoms with Gasteiger partial charge in [-0.05, 0) is 51.4 Å². The Labute approximate surface area is 533 Å². The van der Waals surface area contributed by atoms with Gasteiger partial charge in [-0.25, -0.2) is 0 Å². The first-order valence-electron chi connectivity index (χ1n) is 39.4. The molecule has 0 aliphatic carbocycles. The second kappa shape index (κ2) is 75.1. The Morgan fingerprint density at radius 2 is 0.553 bits per heavy atom. The third kappa shape index (κ3) is 71.6. The van der Waals surface area contributed by atoms with Crippen LogP contribution >= 0.6 is 0 Å². The molecule has 0 aromatic carbocycles. The van der Waals surface area contributed by atoms with Crippen LogP contribution in [0, 0.1) is 0 Å². The third-order valence-electron chi connectivity index (χ3n) is 18.8. The Bertz CT molecular complexity index is 1290. The van der Waals surface area contributed by atoms with E-state index in [4.69, 9.17) is 4.74 Å². The van der Waals surface area contributed by atoms with Gasteiger partial charge >= 0.3 is 5.97 Å². The fourth-order valence-corrected chi connectivity index (χ4v) is 12.8. The largest absolute Gasteiger partial charge is 0.466 e. The number of amides is 1. The molecule has 0 saturated carbocycles. The highest BCUT2D eigenvalue weighted by molar-refractivity contribution is 5.76. The monoisotopic (exact) mass is 1200 g/mol. The van der Waals surface area contributed by atoms with Crippen LogP contribution < -0.4 is 5.32 Å². The Morgan fingerprint density at radius 3 is 0.835 bits per heavy atom. The molecule has 2 unspecified atom stereocenters. The molecule has 3 N–H and O–H groups in total. The fourth-order valence-electron chi connectivity index (χ4n) is 12.8. The van der Waals surface area contributed by atoms with Crippen molar-refractivity contribution in [2.24, 2.45) is 0 Å². The lowest BCUT2D eigenvalue weighted by Gasteiger charge is -2.22. The maximum absolute atomic E-state index is 12.5. The van der Waals surface area contributed by atoms with Crippen molar-refractivity contribution in [2.45, 2.75) is 469 Å². The summed E-state index contributed by atoms with van der Waals surface area (Å²) in [4.78, 5) is 24.7. The molecule has 0 radical (unpaired) electrons. The molecule has 0 aromatic rings. The van der Waals surface area contributed by atoms with Gasteiger partial charge in [0.25, 0.3) is 0 Å². The minimum Gasteiger partial charge on any atom is -0.466 e. The van der Waals surface area contributed by atoms with Gasteiger partial charge in [-0.15, -0.1) is 0 Å². The predicted octanol–water partition coefficient (Wildman–Crippen LogP) is 25.9. The van der Waals surface area contributed by atoms with E-state index in [0.29, 0.717) is 25.9 Å². The molecule has 1 amide bonds. The zero-order valence-electron chi connectivity index (χ0n) is 58.1. The van der Waals surface area contributed by atoms with Gasteiger partial charge in [0.1, 0.15) is 0 Å². The number of ether oxygens (including phenoxy) is 1. The predicted molar refractivity (Wildman–Crippen MR) is 375 cm³/mol. The highest BCUT2D eigenvalue weighted by atomic mass is 16.5. The van der Waals surface area contributed by atoms with Crippen LogP contribution in [0.5, 0.6) is 0 Å². The Kier molecular flexibility index (Phi) is 73.8. The van der Waals surface area contributed by atoms with Gasteiger partial charge in [-0.2, -0.15) is 0 Å². The number of allylic oxidation sites excluding steroid dienone is 2. The van der Waals surface area contributed by atoms with E-state index in [-0.39, 0.29) is 18.5 Å². The molecule has 0 spiro atoms. The highest BCUT2D eigenvalue weighted by Gasteiger charge is 2.20. The van der Waals surface area contributed by atoms with E-state index in [9.17, 15) is 19.8 Å². The van der Waals surface area contributed by atoms with Crippen LogP contribution in [0.2, 0.25) is 0 Å². The summed E-state index contributed by atoms with van der Waals surface area (Å²) in [6, 6.07) is -0.539. The van der Waals surface area contributed by atoms with E-state index in [1.807, 2.05) is 0 Å². The van der Waals surface area contributed by atoms with E-state index >= 15 is 0 Å². The molecule has 0 fully saturated rings. The van der Waals surface area contributed by atoms with Crippen molar-refractivity contribution in [1.29, 1.82) is 0 Å². The van der Waals surface area contributed by atoms with Crippen molar-refractivity contribution < 1.29 is 24.5 Å². The molecule has 6 nitrogen and oxygen atoms in total. The lowest BCUT2D eigenvalue weighted by atomic mass is 10.0. The molecular formula is C79H155NO5. The molecule has 85 heavy (non-hydrogen) atoms. The molecule has 0 rings (SSSR count). The number of hydrogen-bond acceptors (Lipinski definition) is 5. The van der Waals surface area contributed by atoms with Gasteiger partial charge in [0, 0.05) is 12.8 Å². The number of nitrogens with one attached hydrogen (secondary N) is 1. The van der Waals surface area contributed by atoms with Crippen LogP contribution in [0.15, 0.2) is 12.2 Å². The van der Waals surface area contributed by atoms with Crippen molar-refractivity contribution >= 4 is 11.9 Å². The lowest BCUT2D eigenvalue weighted by Crippen LogP contribution is -2.45. The summed E-state index contributed by atoms with van der Waals surface area (Å²) in [6.07, 6.45) is 94.4. The first-order valence-corrected chi connectivity index (χ1v) is 39.4. The molecule has 506 valence electrons. The van der Waals surface area contributed by atoms with Gasteiger partial charge in [-0.1, -0.05) is 405 Å². The first-order chi connectivity index (χ1) is 42.0. The summed E-state index contributed by atoms with van der Waals surface area (Å²) in [6.45, 7) is 5.01. The molecule has 0 bridgehead atoms. The average Bonchev–Trinajstić information content (AvgIpc) is 3.51. The molecular weight excluding hydrogens is 1040 g/mol. The van der Waals surface area contributed by atoms with E-state index < -0.39 is 12.1 Å². The molecule has 0 saturated heterocycles. The normalized spacial score (nSPS) is 12.5. The minimum absolute atomic E-state index is 0.0239. The van der Waals surface area contributed by atoms with Gasteiger partial charge < -0.3 is 20.3 Å². The number of aliphatic hydroxyl groups excluding tert-OH is 2. The van der Waals surface area contributed by atoms with Crippen LogP contribution in [0.25, 0.3) is 0 Å². The zero-order chi connectivity index (χ0) is 61.3. The van der Waals surface area contributed by atoms with Gasteiger partial charge in [0.05, 0.1) is 25.4 Å². The quantitative estimate of drug-likeness (QED) is 0.0320. The second-order valence-corrected chi connectivity index (χ2v) is 27.4. The lowest BCUT2D eigenvalue weighted by molar-refractivity contribution is -0.143. The topological polar surface area (TPSA) is 95.9 Å². The number of aliphatic hydroxyl groups is 2. The van der Waals surface area contributed by atoms with Crippen LogP contribution in [0.3, 0.4) is 0 Å². The van der Waals surface area contributed by atoms with Gasteiger partial charge in [-0.3, -0.25) is 9.59 Å². The Hall–Kier alpha value is -1.40. The molecule has 0 aliphatic heterocycles. The van der Waals surface area contributed by atoms with Crippen LogP contribution in [0.4, 0.5) is 0 Å². The number of hydrogen-bond donors (Lipinski definition) is 3. The van der Waals surface area contributed by atoms with E-state index in [0.717, 1.165) is 38.5 Å². The third-order valence-corrected chi connectivity index (χ3v) is 18.8. The van der Waals surface area contributed by atoms with E-state index in [1.165, 1.54) is 385 Å². The maximum Gasteiger partial charge on any atom is 0.305 e. The summed E-state index contributed by atoms with van der Waals surface area (Å²) in [5.74, 6) is -0.00355. The SMILES string of the molecule is CCCCCCCCCCCCCCCCCCCCC(=O)OCCCCCCCCCCCCCC/C=C\CCCCCCCCCCCCCCCCCCC(=O)NC(CO)C(O)CCCCCCCCCCCCCCCCCCCC. The van der Waals surface area contributed by atoms with Crippen LogP contribution in [-0.4, -0.2) is 47.4 Å². The van der Waals surface area contributed by atoms with E-state index in [2.05, 4.69) is 31.3 Å². The zero-order valence-corrected chi connectivity index (χ0v) is 58.1. The smallest absolute Gasteiger partial charge is 0.305 e. The molecule has 0 heterocycles. The summed E-state index contributed by atoms with van der Waals surface area (Å²) in [5.41, 5.74) is 0. The van der Waals surface area contributed by atoms with Gasteiger partial charge in [0.15, 0.2) is 0 Å². The summed E-state index contributed by atoms with van der Waals surface area (Å²) >= 11 is 0. The first kappa shape index (κ1) is 83.6. The molecule has 6 heteroatoms. The van der Waals surface area contributed by atoms with Crippen LogP contribution in [-0.2, 0) is 14.3 Å². The van der Waals surface area contributed by atoms with Crippen LogP contribution in [0.1, 0.15) is 457 Å². The fraction of sp³-hybridized carbons (Fsp3) is 0.949. The number of rotatable bonds is 75. The van der Waals surface area contributed by atoms with Crippen molar-refractivity contribution in [3.63, 3.8) is 0 Å². The van der Waals surface area contributed by atoms with Crippen molar-refractivity contribution in [2.75, 3.05) is 13.2 Å². The maximum atomic E-state index is 12.5. The number of carbonyl (C=O) groups is 2. The number of unbranched alkanes of at least 4 members (excludes halogenated alkanes) is 62. The molecule has 2 atom stereocenters. The van der Waals surface area contributed by atoms with Crippen molar-refractivity contribution in [3.05, 3.63) is 12.2 Å². The van der Waals surface area contributed by atoms with Crippen molar-refractivity contribution in [3.8, 4) is 0 Å². The second-order valence-electron chi connectivity index (χ2n) is 27.4. The van der Waals surface area contributed by atoms with Crippen molar-refractivity contribution in [1.82, 2.24) is 5.32 Å². The summed E-state index contributed by atoms with van der Waals surface area (Å²) in [7, 11) is 0.